The Hall–Kier alpha value is -2.69. The molecule has 1 aromatic rings. The largest absolute Gasteiger partial charge is 0.455 e. The normalized spacial score (nSPS) is 33.9. The van der Waals surface area contributed by atoms with Gasteiger partial charge in [-0.3, -0.25) is 14.4 Å². The van der Waals surface area contributed by atoms with E-state index in [2.05, 4.69) is 41.5 Å². The number of benzene rings is 1. The molecule has 0 spiro atoms. The van der Waals surface area contributed by atoms with Crippen molar-refractivity contribution in [1.29, 1.82) is 0 Å². The quantitative estimate of drug-likeness (QED) is 0.0854. The molecule has 1 N–H and O–H groups in total. The number of esters is 3. The molecule has 11 nitrogen and oxygen atoms in total. The number of carbonyl (C=O) groups excluding carboxylic acids is 4. The van der Waals surface area contributed by atoms with E-state index in [1.54, 1.807) is 37.3 Å². The van der Waals surface area contributed by atoms with Crippen LogP contribution in [-0.2, 0) is 42.2 Å². The van der Waals surface area contributed by atoms with E-state index < -0.39 is 98.8 Å². The first kappa shape index (κ1) is 44.4. The van der Waals surface area contributed by atoms with Gasteiger partial charge in [0.15, 0.2) is 34.1 Å². The fraction of sp³-hybridized carbons (Fsp3) is 0.721. The molecule has 13 heteroatoms. The van der Waals surface area contributed by atoms with Crippen molar-refractivity contribution in [2.24, 2.45) is 16.7 Å². The maximum Gasteiger partial charge on any atom is 0.338 e. The van der Waals surface area contributed by atoms with E-state index >= 15 is 4.79 Å². The maximum absolute atomic E-state index is 16.1. The van der Waals surface area contributed by atoms with E-state index in [9.17, 15) is 19.5 Å². The Morgan fingerprint density at radius 3 is 1.88 bits per heavy atom. The van der Waals surface area contributed by atoms with Gasteiger partial charge in [-0.25, -0.2) is 4.79 Å². The predicted molar refractivity (Wildman–Crippen MR) is 217 cm³/mol. The molecule has 0 aromatic heterocycles. The summed E-state index contributed by atoms with van der Waals surface area (Å²) in [6.07, 6.45) is -4.94. The average Bonchev–Trinajstić information content (AvgIpc) is 3.16. The number of hydrogen-bond acceptors (Lipinski definition) is 11. The average molecular weight is 815 g/mol. The molecule has 1 aliphatic heterocycles. The number of fused-ring (bicyclic) bond motifs is 5. The Kier molecular flexibility index (Phi) is 12.8. The zero-order chi connectivity index (χ0) is 41.6. The number of carbonyl (C=O) groups is 4. The summed E-state index contributed by atoms with van der Waals surface area (Å²) in [7, 11) is -4.87. The first-order valence-electron chi connectivity index (χ1n) is 20.8. The van der Waals surface area contributed by atoms with Crippen LogP contribution in [0.2, 0.25) is 36.3 Å². The molecule has 3 aliphatic carbocycles. The van der Waals surface area contributed by atoms with Crippen molar-refractivity contribution in [2.45, 2.75) is 174 Å². The second-order valence-electron chi connectivity index (χ2n) is 17.4. The second kappa shape index (κ2) is 16.2. The Morgan fingerprint density at radius 1 is 0.839 bits per heavy atom. The van der Waals surface area contributed by atoms with Gasteiger partial charge in [0.1, 0.15) is 17.8 Å². The predicted octanol–water partition coefficient (Wildman–Crippen LogP) is 7.71. The van der Waals surface area contributed by atoms with Crippen molar-refractivity contribution in [3.8, 4) is 0 Å². The summed E-state index contributed by atoms with van der Waals surface area (Å²) < 4.78 is 40.1. The van der Waals surface area contributed by atoms with Gasteiger partial charge in [-0.2, -0.15) is 0 Å². The molecule has 1 heterocycles. The smallest absolute Gasteiger partial charge is 0.338 e. The first-order chi connectivity index (χ1) is 26.3. The van der Waals surface area contributed by atoms with Crippen LogP contribution in [0.4, 0.5) is 0 Å². The van der Waals surface area contributed by atoms with Gasteiger partial charge in [-0.1, -0.05) is 73.6 Å². The molecule has 2 saturated carbocycles. The van der Waals surface area contributed by atoms with Gasteiger partial charge < -0.3 is 32.9 Å². The molecule has 312 valence electrons. The minimum atomic E-state index is -2.49. The highest BCUT2D eigenvalue weighted by Crippen LogP contribution is 2.65. The summed E-state index contributed by atoms with van der Waals surface area (Å²) in [5, 5.41) is 14.0. The molecule has 1 saturated heterocycles. The van der Waals surface area contributed by atoms with E-state index in [-0.39, 0.29) is 25.0 Å². The van der Waals surface area contributed by atoms with Crippen molar-refractivity contribution < 1.29 is 52.1 Å². The monoisotopic (exact) mass is 814 g/mol. The molecule has 5 rings (SSSR count). The van der Waals surface area contributed by atoms with Crippen molar-refractivity contribution in [3.05, 3.63) is 47.0 Å². The molecule has 0 radical (unpaired) electrons. The number of ketones is 1. The topological polar surface area (TPSA) is 144 Å². The molecule has 1 unspecified atom stereocenters. The lowest BCUT2D eigenvalue weighted by molar-refractivity contribution is -0.344. The highest BCUT2D eigenvalue weighted by molar-refractivity contribution is 6.74. The third kappa shape index (κ3) is 6.99. The number of hydrogen-bond donors (Lipinski definition) is 1. The van der Waals surface area contributed by atoms with Crippen LogP contribution >= 0.6 is 0 Å². The molecule has 2 bridgehead atoms. The lowest BCUT2D eigenvalue weighted by Crippen LogP contribution is -2.82. The highest BCUT2D eigenvalue weighted by atomic mass is 28.4. The van der Waals surface area contributed by atoms with Gasteiger partial charge in [0.2, 0.25) is 0 Å². The SMILES string of the molecule is CC[Si](CC)(CC)O[C@H]1C[C@@]2(O)[C@@H](OC(=O)c3ccccc3)C3[C@](C)(C(=O)[C@H](OC(C)=O)C(=C1C)C2(C)C)[C@@H](O[Si](CC)(CC)CC)C[C@H]1OC[C@@]31OC(C)=O. The zero-order valence-electron chi connectivity index (χ0n) is 35.7. The number of ether oxygens (including phenoxy) is 4. The fourth-order valence-corrected chi connectivity index (χ4v) is 16.6. The molecule has 56 heavy (non-hydrogen) atoms. The molecular formula is C43H66O11Si2. The fourth-order valence-electron chi connectivity index (χ4n) is 10.8. The molecule has 9 atom stereocenters. The van der Waals surface area contributed by atoms with Crippen LogP contribution in [0.1, 0.15) is 106 Å². The van der Waals surface area contributed by atoms with E-state index in [0.29, 0.717) is 11.1 Å². The van der Waals surface area contributed by atoms with Crippen LogP contribution in [0.25, 0.3) is 0 Å². The molecule has 0 amide bonds. The highest BCUT2D eigenvalue weighted by Gasteiger charge is 2.79. The summed E-state index contributed by atoms with van der Waals surface area (Å²) in [5.41, 5.74) is -5.03. The zero-order valence-corrected chi connectivity index (χ0v) is 37.7. The maximum atomic E-state index is 16.1. The van der Waals surface area contributed by atoms with Gasteiger partial charge >= 0.3 is 17.9 Å². The second-order valence-corrected chi connectivity index (χ2v) is 26.9. The standard InChI is InChI=1S/C43H66O11Si2/c1-13-55(14-2,15-3)53-31-25-43(48)38(51-39(47)30-22-20-19-21-23-30)36-41(12,37(46)35(50-28(8)44)34(27(31)7)40(43,10)11)32(54-56(16-4,17-5)18-6)24-33-42(36,26-49-33)52-29(9)45/h19-23,31-33,35-36,38,48H,13-18,24-26H2,1-12H3/t31-,32-,33+,35+,36?,38-,41+,42-,43+/m0/s1. The minimum absolute atomic E-state index is 0.00908. The summed E-state index contributed by atoms with van der Waals surface area (Å²) in [5.74, 6) is -3.61. The summed E-state index contributed by atoms with van der Waals surface area (Å²) in [6, 6.07) is 13.4. The lowest BCUT2D eigenvalue weighted by atomic mass is 9.44. The van der Waals surface area contributed by atoms with E-state index in [1.165, 1.54) is 13.8 Å². The molecular weight excluding hydrogens is 749 g/mol. The lowest BCUT2D eigenvalue weighted by Gasteiger charge is -2.68. The third-order valence-electron chi connectivity index (χ3n) is 14.8. The van der Waals surface area contributed by atoms with Crippen molar-refractivity contribution in [2.75, 3.05) is 6.61 Å². The molecule has 1 aromatic carbocycles. The number of Topliss-reactive ketones (excluding diaryl/α,β-unsaturated/α-hetero) is 1. The Bertz CT molecular complexity index is 1670. The van der Waals surface area contributed by atoms with Crippen LogP contribution < -0.4 is 0 Å². The molecule has 3 fully saturated rings. The van der Waals surface area contributed by atoms with Crippen LogP contribution in [0, 0.1) is 16.7 Å². The van der Waals surface area contributed by atoms with Crippen LogP contribution in [0.3, 0.4) is 0 Å². The third-order valence-corrected chi connectivity index (χ3v) is 24.1. The summed E-state index contributed by atoms with van der Waals surface area (Å²) in [4.78, 5) is 57.1. The number of aliphatic hydroxyl groups is 1. The van der Waals surface area contributed by atoms with Crippen molar-refractivity contribution in [3.63, 3.8) is 0 Å². The Balaban J connectivity index is 1.92. The van der Waals surface area contributed by atoms with Crippen LogP contribution in [0.15, 0.2) is 41.5 Å². The van der Waals surface area contributed by atoms with Gasteiger partial charge in [0, 0.05) is 32.1 Å². The van der Waals surface area contributed by atoms with Gasteiger partial charge in [-0.05, 0) is 73.4 Å². The van der Waals surface area contributed by atoms with Crippen molar-refractivity contribution >= 4 is 40.3 Å². The van der Waals surface area contributed by atoms with E-state index in [0.717, 1.165) is 36.3 Å². The summed E-state index contributed by atoms with van der Waals surface area (Å²) >= 11 is 0. The Labute approximate surface area is 335 Å². The Morgan fingerprint density at radius 2 is 1.39 bits per heavy atom. The van der Waals surface area contributed by atoms with Gasteiger partial charge in [-0.15, -0.1) is 0 Å². The van der Waals surface area contributed by atoms with Crippen LogP contribution in [-0.4, -0.2) is 93.8 Å². The minimum Gasteiger partial charge on any atom is -0.455 e. The van der Waals surface area contributed by atoms with E-state index in [1.807, 2.05) is 20.8 Å². The van der Waals surface area contributed by atoms with Crippen LogP contribution in [0.5, 0.6) is 0 Å². The van der Waals surface area contributed by atoms with Crippen molar-refractivity contribution in [1.82, 2.24) is 0 Å². The van der Waals surface area contributed by atoms with E-state index in [4.69, 9.17) is 27.8 Å². The first-order valence-corrected chi connectivity index (χ1v) is 25.9. The van der Waals surface area contributed by atoms with Gasteiger partial charge in [0.25, 0.3) is 0 Å². The number of rotatable bonds is 14. The summed E-state index contributed by atoms with van der Waals surface area (Å²) in [6.45, 7) is 22.5. The molecule has 4 aliphatic rings. The van der Waals surface area contributed by atoms with Gasteiger partial charge in [0.05, 0.1) is 35.7 Å².